The van der Waals surface area contributed by atoms with Crippen LogP contribution >= 0.6 is 15.9 Å². The molecule has 1 rings (SSSR count). The van der Waals surface area contributed by atoms with Crippen LogP contribution in [0.1, 0.15) is 13.8 Å². The summed E-state index contributed by atoms with van der Waals surface area (Å²) >= 11 is 3.11. The molecular weight excluding hydrogens is 336 g/mol. The van der Waals surface area contributed by atoms with Crippen molar-refractivity contribution in [2.75, 3.05) is 16.8 Å². The van der Waals surface area contributed by atoms with E-state index in [4.69, 9.17) is 0 Å². The maximum absolute atomic E-state index is 11.5. The van der Waals surface area contributed by atoms with Gasteiger partial charge in [-0.05, 0) is 35.0 Å². The van der Waals surface area contributed by atoms with Gasteiger partial charge in [0.05, 0.1) is 15.1 Å². The van der Waals surface area contributed by atoms with E-state index in [2.05, 4.69) is 21.2 Å². The number of halogens is 1. The number of hydrogen-bond acceptors (Lipinski definition) is 5. The molecule has 0 aliphatic carbocycles. The minimum atomic E-state index is -3.05. The van der Waals surface area contributed by atoms with Crippen LogP contribution in [0.3, 0.4) is 0 Å². The first-order valence-electron chi connectivity index (χ1n) is 5.66. The molecule has 0 spiro atoms. The average Bonchev–Trinajstić information content (AvgIpc) is 2.27. The normalized spacial score (nSPS) is 13.0. The Labute approximate surface area is 120 Å². The van der Waals surface area contributed by atoms with E-state index in [-0.39, 0.29) is 23.2 Å². The number of nitrogens with one attached hydrogen (secondary N) is 1. The van der Waals surface area contributed by atoms with E-state index in [9.17, 15) is 18.5 Å². The first-order valence-corrected chi connectivity index (χ1v) is 8.27. The van der Waals surface area contributed by atoms with Crippen molar-refractivity contribution in [3.05, 3.63) is 32.8 Å². The van der Waals surface area contributed by atoms with Crippen LogP contribution in [0.25, 0.3) is 0 Å². The maximum Gasteiger partial charge on any atom is 0.283 e. The summed E-state index contributed by atoms with van der Waals surface area (Å²) < 4.78 is 23.3. The molecule has 8 heteroatoms. The average molecular weight is 351 g/mol. The molecule has 0 radical (unpaired) electrons. The Kier molecular flexibility index (Phi) is 5.30. The number of sulfone groups is 1. The molecule has 0 amide bonds. The molecule has 0 heterocycles. The van der Waals surface area contributed by atoms with E-state index < -0.39 is 14.8 Å². The van der Waals surface area contributed by atoms with Crippen LogP contribution in [0.15, 0.2) is 22.7 Å². The molecular formula is C11H15BrN2O4S. The van der Waals surface area contributed by atoms with Crippen molar-refractivity contribution in [3.63, 3.8) is 0 Å². The monoisotopic (exact) mass is 350 g/mol. The Bertz CT molecular complexity index is 574. The quantitative estimate of drug-likeness (QED) is 0.629. The first-order chi connectivity index (χ1) is 8.75. The summed E-state index contributed by atoms with van der Waals surface area (Å²) in [6, 6.07) is 4.22. The highest BCUT2D eigenvalue weighted by atomic mass is 79.9. The predicted octanol–water partition coefficient (Wildman–Crippen LogP) is 2.59. The Morgan fingerprint density at radius 1 is 1.47 bits per heavy atom. The lowest BCUT2D eigenvalue weighted by atomic mass is 10.2. The van der Waals surface area contributed by atoms with Crippen LogP contribution in [0.4, 0.5) is 11.4 Å². The number of nitro benzene ring substituents is 1. The second-order valence-electron chi connectivity index (χ2n) is 4.17. The molecule has 0 aromatic heterocycles. The molecule has 1 atom stereocenters. The van der Waals surface area contributed by atoms with Crippen LogP contribution in [0.5, 0.6) is 0 Å². The highest BCUT2D eigenvalue weighted by Crippen LogP contribution is 2.27. The summed E-state index contributed by atoms with van der Waals surface area (Å²) in [4.78, 5) is 10.2. The highest BCUT2D eigenvalue weighted by molar-refractivity contribution is 9.10. The summed E-state index contributed by atoms with van der Waals surface area (Å²) in [5, 5.41) is 13.7. The topological polar surface area (TPSA) is 89.3 Å². The van der Waals surface area contributed by atoms with Crippen molar-refractivity contribution in [3.8, 4) is 0 Å². The number of nitro groups is 1. The summed E-state index contributed by atoms with van der Waals surface area (Å²) in [5.74, 6) is 0.126. The third-order valence-electron chi connectivity index (χ3n) is 2.50. The van der Waals surface area contributed by atoms with Gasteiger partial charge in [0.2, 0.25) is 0 Å². The Hall–Kier alpha value is -1.15. The van der Waals surface area contributed by atoms with Gasteiger partial charge in [0.1, 0.15) is 0 Å². The summed E-state index contributed by atoms with van der Waals surface area (Å²) in [6.45, 7) is 3.35. The van der Waals surface area contributed by atoms with Gasteiger partial charge in [-0.2, -0.15) is 0 Å². The van der Waals surface area contributed by atoms with E-state index in [1.165, 1.54) is 6.07 Å². The summed E-state index contributed by atoms with van der Waals surface area (Å²) in [6.07, 6.45) is 0. The molecule has 0 bridgehead atoms. The molecule has 0 aliphatic rings. The largest absolute Gasteiger partial charge is 0.382 e. The fraction of sp³-hybridized carbons (Fsp3) is 0.455. The van der Waals surface area contributed by atoms with Gasteiger partial charge in [0.25, 0.3) is 5.69 Å². The fourth-order valence-corrected chi connectivity index (χ4v) is 3.17. The van der Waals surface area contributed by atoms with Crippen molar-refractivity contribution in [2.45, 2.75) is 19.9 Å². The van der Waals surface area contributed by atoms with Crippen LogP contribution in [-0.4, -0.2) is 30.9 Å². The molecule has 6 nitrogen and oxygen atoms in total. The Morgan fingerprint density at radius 3 is 2.58 bits per heavy atom. The van der Waals surface area contributed by atoms with Crippen LogP contribution in [-0.2, 0) is 9.84 Å². The van der Waals surface area contributed by atoms with Gasteiger partial charge < -0.3 is 5.32 Å². The maximum atomic E-state index is 11.5. The minimum absolute atomic E-state index is 0.0259. The standard InChI is InChI=1S/C11H15BrN2O4S/c1-3-19(17,18)7-8(2)13-9-4-5-11(14(15)16)10(12)6-9/h4-6,8,13H,3,7H2,1-2H3. The SMILES string of the molecule is CCS(=O)(=O)CC(C)Nc1ccc([N+](=O)[O-])c(Br)c1. The van der Waals surface area contributed by atoms with Crippen molar-refractivity contribution < 1.29 is 13.3 Å². The van der Waals surface area contributed by atoms with Gasteiger partial charge in [-0.25, -0.2) is 8.42 Å². The van der Waals surface area contributed by atoms with Crippen molar-refractivity contribution in [1.82, 2.24) is 0 Å². The van der Waals surface area contributed by atoms with Gasteiger partial charge in [-0.15, -0.1) is 0 Å². The predicted molar refractivity (Wildman–Crippen MR) is 78.2 cm³/mol. The van der Waals surface area contributed by atoms with Crippen molar-refractivity contribution >= 4 is 37.1 Å². The summed E-state index contributed by atoms with van der Waals surface area (Å²) in [7, 11) is -3.05. The van der Waals surface area contributed by atoms with Gasteiger partial charge in [-0.1, -0.05) is 6.92 Å². The third-order valence-corrected chi connectivity index (χ3v) is 5.02. The molecule has 106 valence electrons. The smallest absolute Gasteiger partial charge is 0.283 e. The zero-order valence-corrected chi connectivity index (χ0v) is 13.0. The second-order valence-corrected chi connectivity index (χ2v) is 7.42. The molecule has 0 aliphatic heterocycles. The Balaban J connectivity index is 2.78. The lowest BCUT2D eigenvalue weighted by Gasteiger charge is -2.15. The second kappa shape index (κ2) is 6.33. The van der Waals surface area contributed by atoms with E-state index >= 15 is 0 Å². The summed E-state index contributed by atoms with van der Waals surface area (Å²) in [5.41, 5.74) is 0.607. The van der Waals surface area contributed by atoms with Crippen LogP contribution in [0.2, 0.25) is 0 Å². The fourth-order valence-electron chi connectivity index (χ4n) is 1.57. The van der Waals surface area contributed by atoms with Gasteiger partial charge in [-0.3, -0.25) is 10.1 Å². The zero-order valence-electron chi connectivity index (χ0n) is 10.6. The first kappa shape index (κ1) is 15.9. The molecule has 1 unspecified atom stereocenters. The molecule has 0 fully saturated rings. The number of rotatable bonds is 6. The third kappa shape index (κ3) is 4.79. The molecule has 1 aromatic rings. The molecule has 1 aromatic carbocycles. The number of nitrogens with zero attached hydrogens (tertiary/aromatic N) is 1. The number of benzene rings is 1. The van der Waals surface area contributed by atoms with E-state index in [1.54, 1.807) is 26.0 Å². The molecule has 0 saturated carbocycles. The number of hydrogen-bond donors (Lipinski definition) is 1. The minimum Gasteiger partial charge on any atom is -0.382 e. The highest BCUT2D eigenvalue weighted by Gasteiger charge is 2.15. The van der Waals surface area contributed by atoms with Gasteiger partial charge in [0, 0.05) is 23.5 Å². The lowest BCUT2D eigenvalue weighted by molar-refractivity contribution is -0.385. The van der Waals surface area contributed by atoms with E-state index in [0.717, 1.165) is 0 Å². The molecule has 1 N–H and O–H groups in total. The van der Waals surface area contributed by atoms with E-state index in [0.29, 0.717) is 10.2 Å². The molecule has 19 heavy (non-hydrogen) atoms. The van der Waals surface area contributed by atoms with Crippen molar-refractivity contribution in [1.29, 1.82) is 0 Å². The zero-order chi connectivity index (χ0) is 14.6. The molecule has 0 saturated heterocycles. The van der Waals surface area contributed by atoms with Crippen LogP contribution < -0.4 is 5.32 Å². The van der Waals surface area contributed by atoms with Gasteiger partial charge in [0.15, 0.2) is 9.84 Å². The lowest BCUT2D eigenvalue weighted by Crippen LogP contribution is -2.26. The number of anilines is 1. The van der Waals surface area contributed by atoms with Crippen molar-refractivity contribution in [2.24, 2.45) is 0 Å². The van der Waals surface area contributed by atoms with Gasteiger partial charge >= 0.3 is 0 Å². The van der Waals surface area contributed by atoms with Crippen LogP contribution in [0, 0.1) is 10.1 Å². The Morgan fingerprint density at radius 2 is 2.11 bits per heavy atom. The van der Waals surface area contributed by atoms with E-state index in [1.807, 2.05) is 0 Å².